The number of anilines is 1. The van der Waals surface area contributed by atoms with Crippen LogP contribution in [-0.2, 0) is 6.42 Å². The van der Waals surface area contributed by atoms with Gasteiger partial charge in [0.2, 0.25) is 0 Å². The lowest BCUT2D eigenvalue weighted by atomic mass is 10.0. The van der Waals surface area contributed by atoms with E-state index in [2.05, 4.69) is 61.1 Å². The summed E-state index contributed by atoms with van der Waals surface area (Å²) in [5.74, 6) is 0. The summed E-state index contributed by atoms with van der Waals surface area (Å²) in [6.45, 7) is 9.44. The average molecular weight is 307 g/mol. The molecule has 0 atom stereocenters. The molecule has 1 aromatic heterocycles. The molecule has 0 amide bonds. The minimum Gasteiger partial charge on any atom is -0.384 e. The number of rotatable bonds is 3. The first-order chi connectivity index (χ1) is 8.60. The quantitative estimate of drug-likeness (QED) is 0.896. The number of hydrogen-bond donors (Lipinski definition) is 1. The van der Waals surface area contributed by atoms with Crippen molar-refractivity contribution in [3.8, 4) is 0 Å². The molecule has 2 rings (SSSR count). The molecule has 0 saturated heterocycles. The van der Waals surface area contributed by atoms with E-state index in [1.54, 1.807) is 0 Å². The third kappa shape index (κ3) is 2.12. The van der Waals surface area contributed by atoms with Crippen molar-refractivity contribution in [3.63, 3.8) is 0 Å². The van der Waals surface area contributed by atoms with Crippen molar-refractivity contribution in [2.24, 2.45) is 0 Å². The number of halogens is 1. The van der Waals surface area contributed by atoms with E-state index >= 15 is 0 Å². The zero-order valence-corrected chi connectivity index (χ0v) is 13.0. The Morgan fingerprint density at radius 1 is 1.22 bits per heavy atom. The molecular weight excluding hydrogens is 288 g/mol. The number of benzene rings is 1. The summed E-state index contributed by atoms with van der Waals surface area (Å²) >= 11 is 3.66. The molecule has 3 heteroatoms. The van der Waals surface area contributed by atoms with Gasteiger partial charge in [-0.3, -0.25) is 4.98 Å². The van der Waals surface area contributed by atoms with E-state index in [0.29, 0.717) is 0 Å². The largest absolute Gasteiger partial charge is 0.384 e. The van der Waals surface area contributed by atoms with Crippen LogP contribution in [0.3, 0.4) is 0 Å². The van der Waals surface area contributed by atoms with Gasteiger partial charge in [0.15, 0.2) is 0 Å². The zero-order chi connectivity index (χ0) is 13.3. The third-order valence-electron chi connectivity index (χ3n) is 3.30. The number of nitrogens with one attached hydrogen (secondary N) is 1. The predicted molar refractivity (Wildman–Crippen MR) is 82.5 cm³/mol. The minimum absolute atomic E-state index is 0.923. The van der Waals surface area contributed by atoms with E-state index in [1.807, 2.05) is 0 Å². The van der Waals surface area contributed by atoms with Gasteiger partial charge in [-0.2, -0.15) is 0 Å². The average Bonchev–Trinajstić information content (AvgIpc) is 2.34. The lowest BCUT2D eigenvalue weighted by Crippen LogP contribution is -2.05. The van der Waals surface area contributed by atoms with Gasteiger partial charge in [0.1, 0.15) is 0 Å². The van der Waals surface area contributed by atoms with Crippen molar-refractivity contribution in [2.45, 2.75) is 34.1 Å². The Morgan fingerprint density at radius 3 is 2.56 bits per heavy atom. The Bertz CT molecular complexity index is 591. The van der Waals surface area contributed by atoms with Gasteiger partial charge in [-0.1, -0.05) is 28.9 Å². The highest BCUT2D eigenvalue weighted by atomic mass is 79.9. The fourth-order valence-corrected chi connectivity index (χ4v) is 2.94. The monoisotopic (exact) mass is 306 g/mol. The van der Waals surface area contributed by atoms with E-state index in [-0.39, 0.29) is 0 Å². The Balaban J connectivity index is 2.91. The molecule has 1 N–H and O–H groups in total. The summed E-state index contributed by atoms with van der Waals surface area (Å²) in [5.41, 5.74) is 5.99. The SMILES string of the molecule is CCNc1c(CC)c(C)nc2c(C)ccc(Br)c12. The Labute approximate surface area is 117 Å². The lowest BCUT2D eigenvalue weighted by Gasteiger charge is -2.17. The van der Waals surface area contributed by atoms with Crippen LogP contribution in [0.1, 0.15) is 30.7 Å². The number of fused-ring (bicyclic) bond motifs is 1. The van der Waals surface area contributed by atoms with E-state index in [0.717, 1.165) is 28.6 Å². The molecule has 0 aliphatic carbocycles. The second-order valence-corrected chi connectivity index (χ2v) is 5.38. The Hall–Kier alpha value is -1.09. The summed E-state index contributed by atoms with van der Waals surface area (Å²) in [4.78, 5) is 4.78. The lowest BCUT2D eigenvalue weighted by molar-refractivity contribution is 1.05. The molecule has 0 fully saturated rings. The maximum absolute atomic E-state index is 4.78. The van der Waals surface area contributed by atoms with Crippen molar-refractivity contribution in [2.75, 3.05) is 11.9 Å². The molecule has 0 bridgehead atoms. The van der Waals surface area contributed by atoms with Crippen LogP contribution in [0.25, 0.3) is 10.9 Å². The van der Waals surface area contributed by atoms with E-state index in [1.165, 1.54) is 22.2 Å². The van der Waals surface area contributed by atoms with Gasteiger partial charge in [-0.25, -0.2) is 0 Å². The second kappa shape index (κ2) is 5.27. The molecule has 0 aliphatic rings. The van der Waals surface area contributed by atoms with Crippen molar-refractivity contribution in [1.82, 2.24) is 4.98 Å². The number of hydrogen-bond acceptors (Lipinski definition) is 2. The van der Waals surface area contributed by atoms with Crippen LogP contribution in [0, 0.1) is 13.8 Å². The molecule has 0 saturated carbocycles. The van der Waals surface area contributed by atoms with Crippen molar-refractivity contribution in [3.05, 3.63) is 33.4 Å². The summed E-state index contributed by atoms with van der Waals surface area (Å²) < 4.78 is 1.11. The van der Waals surface area contributed by atoms with Gasteiger partial charge in [0.25, 0.3) is 0 Å². The third-order valence-corrected chi connectivity index (χ3v) is 3.96. The van der Waals surface area contributed by atoms with Crippen LogP contribution in [-0.4, -0.2) is 11.5 Å². The Morgan fingerprint density at radius 2 is 1.94 bits per heavy atom. The van der Waals surface area contributed by atoms with Crippen molar-refractivity contribution in [1.29, 1.82) is 0 Å². The highest BCUT2D eigenvalue weighted by Gasteiger charge is 2.14. The predicted octanol–water partition coefficient (Wildman–Crippen LogP) is 4.61. The Kier molecular flexibility index (Phi) is 3.91. The fraction of sp³-hybridized carbons (Fsp3) is 0.400. The van der Waals surface area contributed by atoms with E-state index < -0.39 is 0 Å². The van der Waals surface area contributed by atoms with E-state index in [4.69, 9.17) is 4.98 Å². The van der Waals surface area contributed by atoms with Gasteiger partial charge >= 0.3 is 0 Å². The maximum atomic E-state index is 4.78. The van der Waals surface area contributed by atoms with Crippen LogP contribution < -0.4 is 5.32 Å². The fourth-order valence-electron chi connectivity index (χ4n) is 2.42. The molecule has 0 unspecified atom stereocenters. The summed E-state index contributed by atoms with van der Waals surface area (Å²) in [6.07, 6.45) is 0.998. The topological polar surface area (TPSA) is 24.9 Å². The van der Waals surface area contributed by atoms with Gasteiger partial charge in [0, 0.05) is 27.8 Å². The smallest absolute Gasteiger partial charge is 0.0766 e. The zero-order valence-electron chi connectivity index (χ0n) is 11.4. The van der Waals surface area contributed by atoms with E-state index in [9.17, 15) is 0 Å². The second-order valence-electron chi connectivity index (χ2n) is 4.52. The van der Waals surface area contributed by atoms with Crippen LogP contribution in [0.15, 0.2) is 16.6 Å². The molecule has 0 aliphatic heterocycles. The number of pyridine rings is 1. The molecule has 1 aromatic carbocycles. The number of nitrogens with zero attached hydrogens (tertiary/aromatic N) is 1. The number of aromatic nitrogens is 1. The van der Waals surface area contributed by atoms with Gasteiger partial charge in [-0.15, -0.1) is 0 Å². The minimum atomic E-state index is 0.923. The maximum Gasteiger partial charge on any atom is 0.0766 e. The first-order valence-electron chi connectivity index (χ1n) is 6.42. The summed E-state index contributed by atoms with van der Waals surface area (Å²) in [5, 5.41) is 4.72. The molecule has 96 valence electrons. The summed E-state index contributed by atoms with van der Waals surface area (Å²) in [6, 6.07) is 4.22. The first kappa shape index (κ1) is 13.3. The van der Waals surface area contributed by atoms with Crippen molar-refractivity contribution < 1.29 is 0 Å². The van der Waals surface area contributed by atoms with Crippen LogP contribution in [0.5, 0.6) is 0 Å². The normalized spacial score (nSPS) is 10.9. The molecule has 18 heavy (non-hydrogen) atoms. The van der Waals surface area contributed by atoms with Gasteiger partial charge in [-0.05, 0) is 44.4 Å². The molecule has 1 heterocycles. The molecular formula is C15H19BrN2. The van der Waals surface area contributed by atoms with Crippen LogP contribution >= 0.6 is 15.9 Å². The van der Waals surface area contributed by atoms with Gasteiger partial charge in [0.05, 0.1) is 5.52 Å². The van der Waals surface area contributed by atoms with Crippen LogP contribution in [0.4, 0.5) is 5.69 Å². The highest BCUT2D eigenvalue weighted by molar-refractivity contribution is 9.10. The molecule has 0 radical (unpaired) electrons. The number of aryl methyl sites for hydroxylation is 2. The van der Waals surface area contributed by atoms with Gasteiger partial charge < -0.3 is 5.32 Å². The first-order valence-corrected chi connectivity index (χ1v) is 7.21. The highest BCUT2D eigenvalue weighted by Crippen LogP contribution is 2.35. The summed E-state index contributed by atoms with van der Waals surface area (Å²) in [7, 11) is 0. The molecule has 2 nitrogen and oxygen atoms in total. The standard InChI is InChI=1S/C15H19BrN2/c1-5-11-10(4)18-14-9(3)7-8-12(16)13(14)15(11)17-6-2/h7-8H,5-6H2,1-4H3,(H,17,18). The van der Waals surface area contributed by atoms with Crippen LogP contribution in [0.2, 0.25) is 0 Å². The molecule has 2 aromatic rings. The molecule has 0 spiro atoms. The van der Waals surface area contributed by atoms with Crippen molar-refractivity contribution >= 4 is 32.5 Å².